The molecule has 0 radical (unpaired) electrons. The third-order valence-corrected chi connectivity index (χ3v) is 3.78. The van der Waals surface area contributed by atoms with E-state index in [-0.39, 0.29) is 0 Å². The van der Waals surface area contributed by atoms with Gasteiger partial charge >= 0.3 is 0 Å². The van der Waals surface area contributed by atoms with Crippen molar-refractivity contribution in [3.63, 3.8) is 0 Å². The first-order valence-electron chi connectivity index (χ1n) is 7.03. The second-order valence-electron chi connectivity index (χ2n) is 5.31. The van der Waals surface area contributed by atoms with Crippen molar-refractivity contribution >= 4 is 10.9 Å². The van der Waals surface area contributed by atoms with E-state index in [1.54, 1.807) is 0 Å². The van der Waals surface area contributed by atoms with Crippen LogP contribution in [0.4, 0.5) is 0 Å². The van der Waals surface area contributed by atoms with Crippen LogP contribution in [0.5, 0.6) is 5.88 Å². The first kappa shape index (κ1) is 12.4. The number of aromatic nitrogens is 1. The van der Waals surface area contributed by atoms with Crippen molar-refractivity contribution in [2.45, 2.75) is 19.8 Å². The maximum atomic E-state index is 5.95. The number of piperidine rings is 1. The predicted molar refractivity (Wildman–Crippen MR) is 77.6 cm³/mol. The molecule has 1 aliphatic rings. The van der Waals surface area contributed by atoms with Gasteiger partial charge in [-0.3, -0.25) is 0 Å². The van der Waals surface area contributed by atoms with E-state index in [1.165, 1.54) is 18.2 Å². The maximum absolute atomic E-state index is 5.95. The maximum Gasteiger partial charge on any atom is 0.216 e. The summed E-state index contributed by atoms with van der Waals surface area (Å²) in [6, 6.07) is 10.3. The van der Waals surface area contributed by atoms with Crippen LogP contribution in [-0.4, -0.2) is 24.7 Å². The molecule has 100 valence electrons. The highest BCUT2D eigenvalue weighted by Crippen LogP contribution is 2.22. The zero-order valence-electron chi connectivity index (χ0n) is 11.4. The minimum atomic E-state index is 0.661. The van der Waals surface area contributed by atoms with Gasteiger partial charge in [-0.25, -0.2) is 4.98 Å². The quantitative estimate of drug-likeness (QED) is 0.917. The van der Waals surface area contributed by atoms with Gasteiger partial charge in [0, 0.05) is 10.9 Å². The molecule has 1 saturated heterocycles. The van der Waals surface area contributed by atoms with Crippen LogP contribution >= 0.6 is 0 Å². The Morgan fingerprint density at radius 1 is 1.26 bits per heavy atom. The smallest absolute Gasteiger partial charge is 0.216 e. The Balaban J connectivity index is 1.74. The summed E-state index contributed by atoms with van der Waals surface area (Å²) in [6.07, 6.45) is 2.40. The summed E-state index contributed by atoms with van der Waals surface area (Å²) in [7, 11) is 0. The van der Waals surface area contributed by atoms with Crippen molar-refractivity contribution in [1.82, 2.24) is 10.3 Å². The number of ether oxygens (including phenoxy) is 1. The van der Waals surface area contributed by atoms with Gasteiger partial charge in [0.15, 0.2) is 0 Å². The monoisotopic (exact) mass is 256 g/mol. The largest absolute Gasteiger partial charge is 0.477 e. The molecule has 3 rings (SSSR count). The molecular weight excluding hydrogens is 236 g/mol. The number of hydrogen-bond acceptors (Lipinski definition) is 3. The van der Waals surface area contributed by atoms with Gasteiger partial charge in [-0.15, -0.1) is 0 Å². The SMILES string of the molecule is Cc1cc2ccccc2nc1OCC1CCNCC1. The lowest BCUT2D eigenvalue weighted by atomic mass is 9.99. The number of pyridine rings is 1. The molecule has 2 heterocycles. The number of rotatable bonds is 3. The summed E-state index contributed by atoms with van der Waals surface area (Å²) in [6.45, 7) is 5.07. The van der Waals surface area contributed by atoms with Crippen LogP contribution in [0, 0.1) is 12.8 Å². The molecule has 0 aliphatic carbocycles. The average Bonchev–Trinajstić information content (AvgIpc) is 2.46. The van der Waals surface area contributed by atoms with E-state index >= 15 is 0 Å². The molecule has 3 heteroatoms. The van der Waals surface area contributed by atoms with E-state index in [0.29, 0.717) is 5.92 Å². The summed E-state index contributed by atoms with van der Waals surface area (Å²) in [4.78, 5) is 4.62. The molecule has 1 fully saturated rings. The zero-order valence-corrected chi connectivity index (χ0v) is 11.4. The molecule has 2 aromatic rings. The van der Waals surface area contributed by atoms with Crippen LogP contribution in [0.2, 0.25) is 0 Å². The van der Waals surface area contributed by atoms with Gasteiger partial charge in [-0.05, 0) is 50.9 Å². The van der Waals surface area contributed by atoms with Crippen LogP contribution in [0.3, 0.4) is 0 Å². The van der Waals surface area contributed by atoms with Crippen molar-refractivity contribution in [2.75, 3.05) is 19.7 Å². The second-order valence-corrected chi connectivity index (χ2v) is 5.31. The first-order valence-corrected chi connectivity index (χ1v) is 7.03. The van der Waals surface area contributed by atoms with Crippen molar-refractivity contribution in [1.29, 1.82) is 0 Å². The van der Waals surface area contributed by atoms with E-state index in [1.807, 2.05) is 18.2 Å². The minimum Gasteiger partial charge on any atom is -0.477 e. The molecular formula is C16H20N2O. The van der Waals surface area contributed by atoms with Gasteiger partial charge in [0.05, 0.1) is 12.1 Å². The normalized spacial score (nSPS) is 16.7. The molecule has 0 saturated carbocycles. The Morgan fingerprint density at radius 3 is 2.89 bits per heavy atom. The van der Waals surface area contributed by atoms with Crippen LogP contribution in [0.1, 0.15) is 18.4 Å². The second kappa shape index (κ2) is 5.57. The molecule has 1 aromatic heterocycles. The summed E-state index contributed by atoms with van der Waals surface area (Å²) >= 11 is 0. The van der Waals surface area contributed by atoms with E-state index in [0.717, 1.165) is 36.7 Å². The van der Waals surface area contributed by atoms with Crippen LogP contribution in [0.15, 0.2) is 30.3 Å². The molecule has 0 unspecified atom stereocenters. The predicted octanol–water partition coefficient (Wildman–Crippen LogP) is 2.92. The van der Waals surface area contributed by atoms with Crippen molar-refractivity contribution in [2.24, 2.45) is 5.92 Å². The number of aryl methyl sites for hydroxylation is 1. The number of fused-ring (bicyclic) bond motifs is 1. The number of benzene rings is 1. The molecule has 0 amide bonds. The Labute approximate surface area is 114 Å². The van der Waals surface area contributed by atoms with Crippen LogP contribution in [-0.2, 0) is 0 Å². The molecule has 0 spiro atoms. The Kier molecular flexibility index (Phi) is 3.65. The highest BCUT2D eigenvalue weighted by molar-refractivity contribution is 5.79. The Hall–Kier alpha value is -1.61. The number of hydrogen-bond donors (Lipinski definition) is 1. The van der Waals surface area contributed by atoms with E-state index in [4.69, 9.17) is 4.74 Å². The van der Waals surface area contributed by atoms with Gasteiger partial charge in [0.2, 0.25) is 5.88 Å². The van der Waals surface area contributed by atoms with E-state index < -0.39 is 0 Å². The highest BCUT2D eigenvalue weighted by atomic mass is 16.5. The number of nitrogens with one attached hydrogen (secondary N) is 1. The lowest BCUT2D eigenvalue weighted by molar-refractivity contribution is 0.208. The number of para-hydroxylation sites is 1. The Morgan fingerprint density at radius 2 is 2.05 bits per heavy atom. The first-order chi connectivity index (χ1) is 9.33. The topological polar surface area (TPSA) is 34.1 Å². The molecule has 1 aliphatic heterocycles. The lowest BCUT2D eigenvalue weighted by Crippen LogP contribution is -2.30. The summed E-state index contributed by atoms with van der Waals surface area (Å²) in [5, 5.41) is 4.55. The standard InChI is InChI=1S/C16H20N2O/c1-12-10-14-4-2-3-5-15(14)18-16(12)19-11-13-6-8-17-9-7-13/h2-5,10,13,17H,6-9,11H2,1H3. The molecule has 1 aromatic carbocycles. The lowest BCUT2D eigenvalue weighted by Gasteiger charge is -2.22. The fraction of sp³-hybridized carbons (Fsp3) is 0.438. The molecule has 3 nitrogen and oxygen atoms in total. The van der Waals surface area contributed by atoms with Crippen LogP contribution < -0.4 is 10.1 Å². The molecule has 19 heavy (non-hydrogen) atoms. The Bertz CT molecular complexity index is 562. The third-order valence-electron chi connectivity index (χ3n) is 3.78. The zero-order chi connectivity index (χ0) is 13.1. The van der Waals surface area contributed by atoms with Gasteiger partial charge in [0.25, 0.3) is 0 Å². The van der Waals surface area contributed by atoms with Gasteiger partial charge in [0.1, 0.15) is 0 Å². The van der Waals surface area contributed by atoms with Gasteiger partial charge in [-0.1, -0.05) is 18.2 Å². The van der Waals surface area contributed by atoms with Crippen LogP contribution in [0.25, 0.3) is 10.9 Å². The fourth-order valence-corrected chi connectivity index (χ4v) is 2.60. The average molecular weight is 256 g/mol. The number of nitrogens with zero attached hydrogens (tertiary/aromatic N) is 1. The molecule has 0 atom stereocenters. The minimum absolute atomic E-state index is 0.661. The van der Waals surface area contributed by atoms with Crippen molar-refractivity contribution < 1.29 is 4.74 Å². The third kappa shape index (κ3) is 2.87. The summed E-state index contributed by atoms with van der Waals surface area (Å²) in [5.74, 6) is 1.45. The fourth-order valence-electron chi connectivity index (χ4n) is 2.60. The van der Waals surface area contributed by atoms with Gasteiger partial charge in [-0.2, -0.15) is 0 Å². The van der Waals surface area contributed by atoms with Crippen molar-refractivity contribution in [3.8, 4) is 5.88 Å². The summed E-state index contributed by atoms with van der Waals surface area (Å²) in [5.41, 5.74) is 2.13. The summed E-state index contributed by atoms with van der Waals surface area (Å²) < 4.78 is 5.95. The molecule has 0 bridgehead atoms. The highest BCUT2D eigenvalue weighted by Gasteiger charge is 2.14. The van der Waals surface area contributed by atoms with E-state index in [9.17, 15) is 0 Å². The van der Waals surface area contributed by atoms with E-state index in [2.05, 4.69) is 29.4 Å². The van der Waals surface area contributed by atoms with Crippen molar-refractivity contribution in [3.05, 3.63) is 35.9 Å². The molecule has 1 N–H and O–H groups in total. The van der Waals surface area contributed by atoms with Gasteiger partial charge < -0.3 is 10.1 Å².